The molecule has 0 atom stereocenters. The monoisotopic (exact) mass is 282 g/mol. The topological polar surface area (TPSA) is 34.8 Å². The van der Waals surface area contributed by atoms with Crippen LogP contribution < -0.4 is 5.32 Å². The number of aromatic nitrogens is 3. The predicted octanol–water partition coefficient (Wildman–Crippen LogP) is 2.96. The number of rotatable bonds is 6. The van der Waals surface area contributed by atoms with Crippen molar-refractivity contribution >= 4 is 11.0 Å². The van der Waals surface area contributed by atoms with Crippen LogP contribution in [0.4, 0.5) is 0 Å². The van der Waals surface area contributed by atoms with Crippen LogP contribution in [0.5, 0.6) is 0 Å². The molecule has 4 heteroatoms. The van der Waals surface area contributed by atoms with Gasteiger partial charge < -0.3 is 14.5 Å². The smallest absolute Gasteiger partial charge is 0.106 e. The molecule has 0 aliphatic rings. The quantitative estimate of drug-likeness (QED) is 0.705. The molecule has 0 fully saturated rings. The van der Waals surface area contributed by atoms with Crippen molar-refractivity contribution in [2.45, 2.75) is 33.5 Å². The first-order valence-corrected chi connectivity index (χ1v) is 7.56. The molecule has 0 aliphatic carbocycles. The summed E-state index contributed by atoms with van der Waals surface area (Å²) in [6.45, 7) is 8.06. The van der Waals surface area contributed by atoms with Gasteiger partial charge in [-0.2, -0.15) is 0 Å². The number of nitrogens with zero attached hydrogens (tertiary/aromatic N) is 3. The molecule has 0 radical (unpaired) electrons. The standard InChI is InChI=1S/C17H22N4/c1-3-20-11-6-7-15(20)13-18-10-12-21-14(2)19-16-8-4-5-9-17(16)21/h4-9,11,18H,3,10,12-13H2,1-2H3. The van der Waals surface area contributed by atoms with Gasteiger partial charge in [-0.05, 0) is 38.1 Å². The van der Waals surface area contributed by atoms with Crippen LogP contribution in [0.3, 0.4) is 0 Å². The lowest BCUT2D eigenvalue weighted by molar-refractivity contribution is 0.576. The number of hydrogen-bond acceptors (Lipinski definition) is 2. The Balaban J connectivity index is 1.61. The van der Waals surface area contributed by atoms with Crippen molar-refractivity contribution < 1.29 is 0 Å². The Labute approximate surface area is 125 Å². The van der Waals surface area contributed by atoms with E-state index < -0.39 is 0 Å². The Hall–Kier alpha value is -2.07. The summed E-state index contributed by atoms with van der Waals surface area (Å²) in [4.78, 5) is 4.60. The molecule has 0 aliphatic heterocycles. The van der Waals surface area contributed by atoms with Gasteiger partial charge in [0.25, 0.3) is 0 Å². The molecule has 4 nitrogen and oxygen atoms in total. The Morgan fingerprint density at radius 2 is 2.00 bits per heavy atom. The van der Waals surface area contributed by atoms with Crippen molar-refractivity contribution in [1.82, 2.24) is 19.4 Å². The first kappa shape index (κ1) is 13.9. The van der Waals surface area contributed by atoms with Gasteiger partial charge in [0.15, 0.2) is 0 Å². The van der Waals surface area contributed by atoms with E-state index in [4.69, 9.17) is 0 Å². The van der Waals surface area contributed by atoms with E-state index in [0.717, 1.165) is 37.5 Å². The van der Waals surface area contributed by atoms with Gasteiger partial charge in [0.05, 0.1) is 11.0 Å². The van der Waals surface area contributed by atoms with Crippen molar-refractivity contribution in [2.24, 2.45) is 0 Å². The van der Waals surface area contributed by atoms with Crippen molar-refractivity contribution in [3.05, 3.63) is 54.1 Å². The lowest BCUT2D eigenvalue weighted by atomic mass is 10.3. The second kappa shape index (κ2) is 6.14. The highest BCUT2D eigenvalue weighted by molar-refractivity contribution is 5.75. The molecule has 110 valence electrons. The number of hydrogen-bond donors (Lipinski definition) is 1. The fourth-order valence-electron chi connectivity index (χ4n) is 2.80. The number of nitrogens with one attached hydrogen (secondary N) is 1. The molecule has 0 amide bonds. The third kappa shape index (κ3) is 2.85. The summed E-state index contributed by atoms with van der Waals surface area (Å²) in [5.74, 6) is 1.08. The number of benzene rings is 1. The largest absolute Gasteiger partial charge is 0.351 e. The second-order valence-corrected chi connectivity index (χ2v) is 5.26. The summed E-state index contributed by atoms with van der Waals surface area (Å²) in [5, 5.41) is 3.52. The first-order chi connectivity index (χ1) is 10.3. The maximum atomic E-state index is 4.60. The summed E-state index contributed by atoms with van der Waals surface area (Å²) >= 11 is 0. The highest BCUT2D eigenvalue weighted by Gasteiger charge is 2.06. The molecule has 1 N–H and O–H groups in total. The minimum absolute atomic E-state index is 0.909. The fourth-order valence-corrected chi connectivity index (χ4v) is 2.80. The van der Waals surface area contributed by atoms with Crippen LogP contribution in [0.15, 0.2) is 42.6 Å². The van der Waals surface area contributed by atoms with E-state index in [1.54, 1.807) is 0 Å². The summed E-state index contributed by atoms with van der Waals surface area (Å²) in [6.07, 6.45) is 2.13. The van der Waals surface area contributed by atoms with E-state index in [0.29, 0.717) is 0 Å². The van der Waals surface area contributed by atoms with Crippen LogP contribution >= 0.6 is 0 Å². The van der Waals surface area contributed by atoms with E-state index >= 15 is 0 Å². The summed E-state index contributed by atoms with van der Waals surface area (Å²) in [7, 11) is 0. The molecule has 2 aromatic heterocycles. The lowest BCUT2D eigenvalue weighted by Gasteiger charge is -2.10. The second-order valence-electron chi connectivity index (χ2n) is 5.26. The van der Waals surface area contributed by atoms with Gasteiger partial charge in [0, 0.05) is 38.1 Å². The van der Waals surface area contributed by atoms with Gasteiger partial charge in [-0.15, -0.1) is 0 Å². The zero-order chi connectivity index (χ0) is 14.7. The molecular weight excluding hydrogens is 260 g/mol. The molecule has 0 saturated carbocycles. The van der Waals surface area contributed by atoms with Gasteiger partial charge in [-0.3, -0.25) is 0 Å². The van der Waals surface area contributed by atoms with E-state index in [-0.39, 0.29) is 0 Å². The number of para-hydroxylation sites is 2. The van der Waals surface area contributed by atoms with E-state index in [1.165, 1.54) is 11.2 Å². The van der Waals surface area contributed by atoms with Crippen LogP contribution in [0.25, 0.3) is 11.0 Å². The van der Waals surface area contributed by atoms with Gasteiger partial charge in [-0.25, -0.2) is 4.98 Å². The first-order valence-electron chi connectivity index (χ1n) is 7.56. The number of aryl methyl sites for hydroxylation is 2. The molecule has 1 aromatic carbocycles. The lowest BCUT2D eigenvalue weighted by Crippen LogP contribution is -2.21. The number of fused-ring (bicyclic) bond motifs is 1. The summed E-state index contributed by atoms with van der Waals surface area (Å²) in [5.41, 5.74) is 3.63. The van der Waals surface area contributed by atoms with Crippen molar-refractivity contribution in [1.29, 1.82) is 0 Å². The predicted molar refractivity (Wildman–Crippen MR) is 86.3 cm³/mol. The average Bonchev–Trinajstić information content (AvgIpc) is 3.07. The molecule has 3 aromatic rings. The molecule has 3 rings (SSSR count). The van der Waals surface area contributed by atoms with E-state index in [1.807, 2.05) is 6.07 Å². The molecule has 0 bridgehead atoms. The number of imidazole rings is 1. The van der Waals surface area contributed by atoms with E-state index in [2.05, 4.69) is 69.8 Å². The van der Waals surface area contributed by atoms with Crippen LogP contribution in [0, 0.1) is 6.92 Å². The van der Waals surface area contributed by atoms with Crippen molar-refractivity contribution in [3.63, 3.8) is 0 Å². The zero-order valence-electron chi connectivity index (χ0n) is 12.7. The van der Waals surface area contributed by atoms with Crippen molar-refractivity contribution in [3.8, 4) is 0 Å². The Morgan fingerprint density at radius 1 is 1.14 bits per heavy atom. The highest BCUT2D eigenvalue weighted by Crippen LogP contribution is 2.14. The van der Waals surface area contributed by atoms with Gasteiger partial charge >= 0.3 is 0 Å². The average molecular weight is 282 g/mol. The van der Waals surface area contributed by atoms with Gasteiger partial charge in [-0.1, -0.05) is 12.1 Å². The highest BCUT2D eigenvalue weighted by atomic mass is 15.1. The third-order valence-corrected chi connectivity index (χ3v) is 3.93. The molecular formula is C17H22N4. The summed E-state index contributed by atoms with van der Waals surface area (Å²) < 4.78 is 4.55. The molecule has 0 unspecified atom stereocenters. The SMILES string of the molecule is CCn1cccc1CNCCn1c(C)nc2ccccc21. The molecule has 21 heavy (non-hydrogen) atoms. The van der Waals surface area contributed by atoms with Crippen LogP contribution in [-0.4, -0.2) is 20.7 Å². The fraction of sp³-hybridized carbons (Fsp3) is 0.353. The Bertz CT molecular complexity index is 723. The van der Waals surface area contributed by atoms with Crippen LogP contribution in [0.1, 0.15) is 18.4 Å². The third-order valence-electron chi connectivity index (χ3n) is 3.93. The van der Waals surface area contributed by atoms with E-state index in [9.17, 15) is 0 Å². The van der Waals surface area contributed by atoms with Gasteiger partial charge in [0.1, 0.15) is 5.82 Å². The van der Waals surface area contributed by atoms with Crippen LogP contribution in [-0.2, 0) is 19.6 Å². The maximum absolute atomic E-state index is 4.60. The Morgan fingerprint density at radius 3 is 2.86 bits per heavy atom. The van der Waals surface area contributed by atoms with Gasteiger partial charge in [0.2, 0.25) is 0 Å². The maximum Gasteiger partial charge on any atom is 0.106 e. The summed E-state index contributed by atoms with van der Waals surface area (Å²) in [6, 6.07) is 12.6. The molecule has 0 saturated heterocycles. The normalized spacial score (nSPS) is 11.3. The van der Waals surface area contributed by atoms with Crippen molar-refractivity contribution in [2.75, 3.05) is 6.54 Å². The molecule has 2 heterocycles. The zero-order valence-corrected chi connectivity index (χ0v) is 12.7. The Kier molecular flexibility index (Phi) is 4.06. The minimum Gasteiger partial charge on any atom is -0.351 e. The minimum atomic E-state index is 0.909. The molecule has 0 spiro atoms. The van der Waals surface area contributed by atoms with Crippen LogP contribution in [0.2, 0.25) is 0 Å².